The lowest BCUT2D eigenvalue weighted by atomic mass is 10.1. The van der Waals surface area contributed by atoms with E-state index in [1.165, 1.54) is 43.5 Å². The summed E-state index contributed by atoms with van der Waals surface area (Å²) in [5.74, 6) is -1.83. The summed E-state index contributed by atoms with van der Waals surface area (Å²) in [6.07, 6.45) is 1.39. The number of nitrogens with one attached hydrogen (secondary N) is 1. The van der Waals surface area contributed by atoms with Crippen LogP contribution >= 0.6 is 0 Å². The summed E-state index contributed by atoms with van der Waals surface area (Å²) < 4.78 is 24.3. The van der Waals surface area contributed by atoms with Crippen molar-refractivity contribution >= 4 is 18.0 Å². The fourth-order valence-electron chi connectivity index (χ4n) is 2.83. The number of halogens is 1. The van der Waals surface area contributed by atoms with Gasteiger partial charge in [-0.15, -0.1) is 0 Å². The van der Waals surface area contributed by atoms with Gasteiger partial charge >= 0.3 is 5.97 Å². The quantitative estimate of drug-likeness (QED) is 0.262. The molecule has 0 unspecified atom stereocenters. The largest absolute Gasteiger partial charge is 0.493 e. The molecule has 3 rings (SSSR count). The molecule has 0 saturated heterocycles. The average molecular weight is 430 g/mol. The van der Waals surface area contributed by atoms with E-state index in [-0.39, 0.29) is 29.2 Å². The number of hydrogen-bond acceptors (Lipinski definition) is 5. The van der Waals surface area contributed by atoms with Crippen LogP contribution < -0.4 is 14.8 Å². The Morgan fingerprint density at radius 3 is 2.44 bits per heavy atom. The number of rotatable bonds is 7. The van der Waals surface area contributed by atoms with Gasteiger partial charge in [-0.3, -0.25) is 4.79 Å². The van der Waals surface area contributed by atoms with E-state index in [9.17, 15) is 19.2 Å². The fourth-order valence-corrected chi connectivity index (χ4v) is 2.83. The average Bonchev–Trinajstić information content (AvgIpc) is 2.82. The van der Waals surface area contributed by atoms with Gasteiger partial charge in [0.15, 0.2) is 11.5 Å². The highest BCUT2D eigenvalue weighted by molar-refractivity contribution is 6.01. The highest BCUT2D eigenvalue weighted by Crippen LogP contribution is 2.30. The molecule has 6 nitrogen and oxygen atoms in total. The van der Waals surface area contributed by atoms with Gasteiger partial charge in [-0.1, -0.05) is 48.5 Å². The minimum Gasteiger partial charge on any atom is -0.493 e. The first-order valence-electron chi connectivity index (χ1n) is 9.60. The number of amides is 1. The molecule has 0 aliphatic rings. The van der Waals surface area contributed by atoms with Gasteiger partial charge < -0.3 is 14.8 Å². The molecule has 0 spiro atoms. The van der Waals surface area contributed by atoms with E-state index in [2.05, 4.69) is 5.32 Å². The molecule has 160 valence electrons. The number of carbonyl (C=O) groups is 2. The monoisotopic (exact) mass is 430 g/mol. The SMILES string of the molecule is COc1cc(/C=C(\C#N)C(=O)NCc2ccccc2)ccc1OC(=O)c1ccccc1F. The predicted octanol–water partition coefficient (Wildman–Crippen LogP) is 4.28. The highest BCUT2D eigenvalue weighted by Gasteiger charge is 2.16. The number of methoxy groups -OCH3 is 1. The molecule has 0 fully saturated rings. The standard InChI is InChI=1S/C25H19FN2O4/c1-31-23-14-18(11-12-22(23)32-25(30)20-9-5-6-10-21(20)26)13-19(15-27)24(29)28-16-17-7-3-2-4-8-17/h2-14H,16H2,1H3,(H,28,29)/b19-13+. The maximum absolute atomic E-state index is 13.8. The molecule has 3 aromatic carbocycles. The number of esters is 1. The van der Waals surface area contributed by atoms with Crippen LogP contribution in [0.3, 0.4) is 0 Å². The molecule has 3 aromatic rings. The van der Waals surface area contributed by atoms with Crippen molar-refractivity contribution in [3.63, 3.8) is 0 Å². The van der Waals surface area contributed by atoms with E-state index in [1.54, 1.807) is 6.07 Å². The Hall–Kier alpha value is -4.44. The van der Waals surface area contributed by atoms with Crippen molar-refractivity contribution in [2.75, 3.05) is 7.11 Å². The molecular formula is C25H19FN2O4. The Morgan fingerprint density at radius 2 is 1.75 bits per heavy atom. The third-order valence-electron chi connectivity index (χ3n) is 4.46. The Kier molecular flexibility index (Phi) is 7.33. The third kappa shape index (κ3) is 5.58. The van der Waals surface area contributed by atoms with Crippen LogP contribution in [0.15, 0.2) is 78.4 Å². The van der Waals surface area contributed by atoms with Gasteiger partial charge in [0.1, 0.15) is 17.5 Å². The zero-order valence-corrected chi connectivity index (χ0v) is 17.2. The van der Waals surface area contributed by atoms with Gasteiger partial charge in [-0.2, -0.15) is 5.26 Å². The molecule has 0 bridgehead atoms. The normalized spacial score (nSPS) is 10.7. The molecule has 0 aliphatic heterocycles. The van der Waals surface area contributed by atoms with Crippen LogP contribution in [0.1, 0.15) is 21.5 Å². The minimum absolute atomic E-state index is 0.0740. The predicted molar refractivity (Wildman–Crippen MR) is 116 cm³/mol. The van der Waals surface area contributed by atoms with Gasteiger partial charge in [-0.05, 0) is 41.5 Å². The van der Waals surface area contributed by atoms with Crippen molar-refractivity contribution < 1.29 is 23.5 Å². The van der Waals surface area contributed by atoms with Crippen molar-refractivity contribution in [3.05, 3.63) is 101 Å². The third-order valence-corrected chi connectivity index (χ3v) is 4.46. The van der Waals surface area contributed by atoms with Crippen LogP contribution in [-0.4, -0.2) is 19.0 Å². The minimum atomic E-state index is -0.873. The highest BCUT2D eigenvalue weighted by atomic mass is 19.1. The lowest BCUT2D eigenvalue weighted by Gasteiger charge is -2.10. The zero-order valence-electron chi connectivity index (χ0n) is 17.2. The summed E-state index contributed by atoms with van der Waals surface area (Å²) in [4.78, 5) is 24.6. The molecule has 1 amide bonds. The number of nitriles is 1. The molecule has 1 N–H and O–H groups in total. The van der Waals surface area contributed by atoms with Crippen LogP contribution in [0.2, 0.25) is 0 Å². The zero-order chi connectivity index (χ0) is 22.9. The first kappa shape index (κ1) is 22.2. The van der Waals surface area contributed by atoms with E-state index in [1.807, 2.05) is 36.4 Å². The molecule has 0 aromatic heterocycles. The second kappa shape index (κ2) is 10.5. The second-order valence-corrected chi connectivity index (χ2v) is 6.62. The molecule has 0 atom stereocenters. The molecule has 0 heterocycles. The topological polar surface area (TPSA) is 88.4 Å². The smallest absolute Gasteiger partial charge is 0.346 e. The molecule has 0 radical (unpaired) electrons. The van der Waals surface area contributed by atoms with E-state index >= 15 is 0 Å². The maximum atomic E-state index is 13.8. The first-order chi connectivity index (χ1) is 15.5. The Balaban J connectivity index is 1.75. The van der Waals surface area contributed by atoms with Crippen LogP contribution in [-0.2, 0) is 11.3 Å². The van der Waals surface area contributed by atoms with Crippen LogP contribution in [0.25, 0.3) is 6.08 Å². The summed E-state index contributed by atoms with van der Waals surface area (Å²) in [7, 11) is 1.38. The summed E-state index contributed by atoms with van der Waals surface area (Å²) in [6.45, 7) is 0.285. The second-order valence-electron chi connectivity index (χ2n) is 6.62. The molecule has 0 saturated carbocycles. The number of benzene rings is 3. The summed E-state index contributed by atoms with van der Waals surface area (Å²) in [5, 5.41) is 12.1. The number of nitrogens with zero attached hydrogens (tertiary/aromatic N) is 1. The fraction of sp³-hybridized carbons (Fsp3) is 0.0800. The van der Waals surface area contributed by atoms with E-state index in [0.29, 0.717) is 5.56 Å². The summed E-state index contributed by atoms with van der Waals surface area (Å²) >= 11 is 0. The molecule has 0 aliphatic carbocycles. The first-order valence-corrected chi connectivity index (χ1v) is 9.60. The Bertz CT molecular complexity index is 1200. The van der Waals surface area contributed by atoms with Crippen LogP contribution in [0.5, 0.6) is 11.5 Å². The van der Waals surface area contributed by atoms with Crippen LogP contribution in [0, 0.1) is 17.1 Å². The summed E-state index contributed by atoms with van der Waals surface area (Å²) in [6, 6.07) is 21.2. The van der Waals surface area contributed by atoms with E-state index in [0.717, 1.165) is 11.6 Å². The van der Waals surface area contributed by atoms with Crippen molar-refractivity contribution in [1.82, 2.24) is 5.32 Å². The van der Waals surface area contributed by atoms with Gasteiger partial charge in [0.05, 0.1) is 12.7 Å². The number of ether oxygens (including phenoxy) is 2. The molecular weight excluding hydrogens is 411 g/mol. The summed E-state index contributed by atoms with van der Waals surface area (Å²) in [5.41, 5.74) is 1.08. The lowest BCUT2D eigenvalue weighted by molar-refractivity contribution is -0.117. The van der Waals surface area contributed by atoms with Crippen molar-refractivity contribution in [2.24, 2.45) is 0 Å². The molecule has 32 heavy (non-hydrogen) atoms. The Labute approximate surface area is 184 Å². The van der Waals surface area contributed by atoms with Gasteiger partial charge in [0.25, 0.3) is 5.91 Å². The number of hydrogen-bond donors (Lipinski definition) is 1. The van der Waals surface area contributed by atoms with Crippen molar-refractivity contribution in [1.29, 1.82) is 5.26 Å². The van der Waals surface area contributed by atoms with Gasteiger partial charge in [0, 0.05) is 6.54 Å². The van der Waals surface area contributed by atoms with Crippen molar-refractivity contribution in [3.8, 4) is 17.6 Å². The van der Waals surface area contributed by atoms with E-state index < -0.39 is 17.7 Å². The van der Waals surface area contributed by atoms with Crippen LogP contribution in [0.4, 0.5) is 4.39 Å². The Morgan fingerprint density at radius 1 is 1.03 bits per heavy atom. The molecule has 7 heteroatoms. The van der Waals surface area contributed by atoms with Gasteiger partial charge in [-0.25, -0.2) is 9.18 Å². The van der Waals surface area contributed by atoms with Crippen molar-refractivity contribution in [2.45, 2.75) is 6.54 Å². The van der Waals surface area contributed by atoms with E-state index in [4.69, 9.17) is 9.47 Å². The van der Waals surface area contributed by atoms with Gasteiger partial charge in [0.2, 0.25) is 0 Å². The lowest BCUT2D eigenvalue weighted by Crippen LogP contribution is -2.23. The maximum Gasteiger partial charge on any atom is 0.346 e. The number of carbonyl (C=O) groups excluding carboxylic acids is 2.